The number of carboxylic acid groups (broad SMARTS) is 1. The Morgan fingerprint density at radius 3 is 2.29 bits per heavy atom. The summed E-state index contributed by atoms with van der Waals surface area (Å²) in [4.78, 5) is 24.0. The Balaban J connectivity index is 0.00000288. The number of aliphatic carboxylic acids is 1. The second-order valence-corrected chi connectivity index (χ2v) is 5.86. The molecule has 1 aromatic carbocycles. The molecule has 1 aliphatic rings. The van der Waals surface area contributed by atoms with Gasteiger partial charge in [-0.1, -0.05) is 35.3 Å². The van der Waals surface area contributed by atoms with E-state index in [0.717, 1.165) is 0 Å². The average molecular weight is 380 g/mol. The number of esters is 1. The molecule has 1 aromatic rings. The summed E-state index contributed by atoms with van der Waals surface area (Å²) in [6, 6.07) is 4.90. The van der Waals surface area contributed by atoms with Crippen LogP contribution in [0.3, 0.4) is 0 Å². The zero-order valence-corrected chi connectivity index (χ0v) is 14.2. The number of hydrogen-bond acceptors (Lipinski definition) is 4. The SMILES string of the molecule is COC(=O)C1=C(C)NC(C)=C(C(=O)O)C1c1cccc(Cl)c1Cl.[NaH]. The van der Waals surface area contributed by atoms with E-state index in [-0.39, 0.29) is 50.7 Å². The van der Waals surface area contributed by atoms with Crippen LogP contribution in [0, 0.1) is 0 Å². The average Bonchev–Trinajstić information content (AvgIpc) is 2.48. The Labute approximate surface area is 171 Å². The zero-order chi connectivity index (χ0) is 17.3. The third-order valence-corrected chi connectivity index (χ3v) is 4.52. The van der Waals surface area contributed by atoms with Crippen LogP contribution in [0.2, 0.25) is 10.0 Å². The van der Waals surface area contributed by atoms with Crippen molar-refractivity contribution in [1.29, 1.82) is 0 Å². The molecule has 0 fully saturated rings. The van der Waals surface area contributed by atoms with Gasteiger partial charge in [-0.3, -0.25) is 0 Å². The van der Waals surface area contributed by atoms with E-state index in [0.29, 0.717) is 17.0 Å². The Hall–Kier alpha value is -0.980. The second kappa shape index (κ2) is 8.41. The minimum absolute atomic E-state index is 0. The van der Waals surface area contributed by atoms with Gasteiger partial charge in [-0.25, -0.2) is 9.59 Å². The molecule has 24 heavy (non-hydrogen) atoms. The molecule has 1 atom stereocenters. The normalized spacial score (nSPS) is 17.1. The van der Waals surface area contributed by atoms with Crippen LogP contribution < -0.4 is 5.32 Å². The van der Waals surface area contributed by atoms with Crippen LogP contribution in [0.25, 0.3) is 0 Å². The summed E-state index contributed by atoms with van der Waals surface area (Å²) in [5.74, 6) is -2.64. The number of methoxy groups -OCH3 is 1. The molecule has 0 aromatic heterocycles. The minimum atomic E-state index is -1.15. The van der Waals surface area contributed by atoms with Gasteiger partial charge >= 0.3 is 41.5 Å². The Morgan fingerprint density at radius 1 is 1.17 bits per heavy atom. The van der Waals surface area contributed by atoms with E-state index in [1.807, 2.05) is 0 Å². The fourth-order valence-corrected chi connectivity index (χ4v) is 3.13. The fraction of sp³-hybridized carbons (Fsp3) is 0.250. The number of nitrogens with one attached hydrogen (secondary N) is 1. The predicted octanol–water partition coefficient (Wildman–Crippen LogP) is 2.84. The second-order valence-electron chi connectivity index (χ2n) is 5.08. The molecule has 2 rings (SSSR count). The van der Waals surface area contributed by atoms with Crippen molar-refractivity contribution in [2.45, 2.75) is 19.8 Å². The molecule has 2 N–H and O–H groups in total. The summed E-state index contributed by atoms with van der Waals surface area (Å²) >= 11 is 12.3. The molecule has 1 unspecified atom stereocenters. The summed E-state index contributed by atoms with van der Waals surface area (Å²) in [7, 11) is 1.24. The van der Waals surface area contributed by atoms with Crippen molar-refractivity contribution in [3.8, 4) is 0 Å². The van der Waals surface area contributed by atoms with Crippen molar-refractivity contribution in [2.75, 3.05) is 7.11 Å². The fourth-order valence-electron chi connectivity index (χ4n) is 2.71. The van der Waals surface area contributed by atoms with E-state index >= 15 is 0 Å². The van der Waals surface area contributed by atoms with Gasteiger partial charge in [0, 0.05) is 11.4 Å². The summed E-state index contributed by atoms with van der Waals surface area (Å²) in [6.07, 6.45) is 0. The molecule has 5 nitrogen and oxygen atoms in total. The molecule has 0 aliphatic carbocycles. The molecular formula is C16H16Cl2NNaO4. The van der Waals surface area contributed by atoms with Crippen molar-refractivity contribution in [3.63, 3.8) is 0 Å². The summed E-state index contributed by atoms with van der Waals surface area (Å²) in [5.41, 5.74) is 1.61. The van der Waals surface area contributed by atoms with Crippen molar-refractivity contribution >= 4 is 64.7 Å². The first kappa shape index (κ1) is 21.1. The van der Waals surface area contributed by atoms with Crippen molar-refractivity contribution < 1.29 is 19.4 Å². The molecule has 1 heterocycles. The quantitative estimate of drug-likeness (QED) is 0.623. The standard InChI is InChI=1S/C16H15Cl2NO4.Na.H/c1-7-11(15(20)21)13(9-5-4-6-10(17)14(9)18)12(8(2)19-7)16(22)23-3;;/h4-6,13,19H,1-3H3,(H,20,21);;. The van der Waals surface area contributed by atoms with Gasteiger partial charge in [0.05, 0.1) is 34.2 Å². The van der Waals surface area contributed by atoms with E-state index in [9.17, 15) is 14.7 Å². The number of benzene rings is 1. The van der Waals surface area contributed by atoms with Gasteiger partial charge in [0.15, 0.2) is 0 Å². The Kier molecular flexibility index (Phi) is 7.38. The number of halogens is 2. The van der Waals surface area contributed by atoms with Crippen LogP contribution in [0.15, 0.2) is 40.7 Å². The number of dihydropyridines is 1. The van der Waals surface area contributed by atoms with Crippen LogP contribution in [0.5, 0.6) is 0 Å². The molecule has 0 radical (unpaired) electrons. The molecule has 8 heteroatoms. The van der Waals surface area contributed by atoms with E-state index < -0.39 is 17.9 Å². The van der Waals surface area contributed by atoms with Crippen molar-refractivity contribution in [1.82, 2.24) is 5.32 Å². The third kappa shape index (κ3) is 3.81. The van der Waals surface area contributed by atoms with E-state index in [1.54, 1.807) is 32.0 Å². The number of rotatable bonds is 3. The van der Waals surface area contributed by atoms with Gasteiger partial charge in [0.2, 0.25) is 0 Å². The Bertz CT molecular complexity index is 758. The van der Waals surface area contributed by atoms with Gasteiger partial charge in [0.1, 0.15) is 0 Å². The number of allylic oxidation sites excluding steroid dienone is 2. The number of carboxylic acids is 1. The first-order valence-corrected chi connectivity index (χ1v) is 7.49. The van der Waals surface area contributed by atoms with E-state index in [1.165, 1.54) is 7.11 Å². The molecule has 1 aliphatic heterocycles. The number of carbonyl (C=O) groups excluding carboxylic acids is 1. The summed E-state index contributed by atoms with van der Waals surface area (Å²) < 4.78 is 4.82. The zero-order valence-electron chi connectivity index (χ0n) is 12.7. The summed E-state index contributed by atoms with van der Waals surface area (Å²) in [5, 5.41) is 13.0. The molecule has 124 valence electrons. The number of ether oxygens (including phenoxy) is 1. The molecule has 0 bridgehead atoms. The van der Waals surface area contributed by atoms with E-state index in [2.05, 4.69) is 5.32 Å². The molecular weight excluding hydrogens is 364 g/mol. The van der Waals surface area contributed by atoms with Gasteiger partial charge in [-0.05, 0) is 25.5 Å². The van der Waals surface area contributed by atoms with Gasteiger partial charge in [-0.2, -0.15) is 0 Å². The van der Waals surface area contributed by atoms with Crippen LogP contribution in [0.4, 0.5) is 0 Å². The van der Waals surface area contributed by atoms with Gasteiger partial charge < -0.3 is 15.2 Å². The maximum atomic E-state index is 12.2. The number of hydrogen-bond donors (Lipinski definition) is 2. The number of carbonyl (C=O) groups is 2. The topological polar surface area (TPSA) is 75.6 Å². The molecule has 0 saturated heterocycles. The first-order chi connectivity index (χ1) is 10.8. The van der Waals surface area contributed by atoms with Gasteiger partial charge in [0.25, 0.3) is 0 Å². The van der Waals surface area contributed by atoms with Gasteiger partial charge in [-0.15, -0.1) is 0 Å². The first-order valence-electron chi connectivity index (χ1n) is 6.73. The molecule has 0 amide bonds. The van der Waals surface area contributed by atoms with Crippen LogP contribution in [-0.2, 0) is 14.3 Å². The Morgan fingerprint density at radius 2 is 1.75 bits per heavy atom. The van der Waals surface area contributed by atoms with Crippen molar-refractivity contribution in [3.05, 3.63) is 56.3 Å². The van der Waals surface area contributed by atoms with Crippen LogP contribution in [0.1, 0.15) is 25.3 Å². The molecule has 0 spiro atoms. The van der Waals surface area contributed by atoms with Crippen molar-refractivity contribution in [2.24, 2.45) is 0 Å². The van der Waals surface area contributed by atoms with Crippen LogP contribution >= 0.6 is 23.2 Å². The maximum absolute atomic E-state index is 12.2. The molecule has 0 saturated carbocycles. The van der Waals surface area contributed by atoms with Crippen LogP contribution in [-0.4, -0.2) is 53.7 Å². The predicted molar refractivity (Wildman–Crippen MR) is 94.5 cm³/mol. The summed E-state index contributed by atoms with van der Waals surface area (Å²) in [6.45, 7) is 3.31. The monoisotopic (exact) mass is 379 g/mol. The third-order valence-electron chi connectivity index (χ3n) is 3.69. The van der Waals surface area contributed by atoms with E-state index in [4.69, 9.17) is 27.9 Å².